The molecule has 2 amide bonds. The predicted molar refractivity (Wildman–Crippen MR) is 73.4 cm³/mol. The molecular formula is C14H15N3O3. The monoisotopic (exact) mass is 273 g/mol. The van der Waals surface area contributed by atoms with Crippen LogP contribution in [0.3, 0.4) is 0 Å². The molecule has 6 nitrogen and oxygen atoms in total. The Balaban J connectivity index is 1.87. The standard InChI is InChI=1S/C14H15N3O3/c1-9-5-3-4-6-11(9)14(19)15-8-13(18)16-12-7-10(2)20-17-12/h3-7H,8H2,1-2H3,(H,15,19)(H,16,17,18). The number of carbonyl (C=O) groups excluding carboxylic acids is 2. The Morgan fingerprint density at radius 3 is 2.65 bits per heavy atom. The fraction of sp³-hybridized carbons (Fsp3) is 0.214. The molecule has 1 aromatic carbocycles. The summed E-state index contributed by atoms with van der Waals surface area (Å²) in [6, 6.07) is 8.78. The van der Waals surface area contributed by atoms with E-state index in [9.17, 15) is 9.59 Å². The van der Waals surface area contributed by atoms with E-state index in [-0.39, 0.29) is 18.4 Å². The second kappa shape index (κ2) is 6.01. The maximum atomic E-state index is 11.9. The summed E-state index contributed by atoms with van der Waals surface area (Å²) in [6.07, 6.45) is 0. The second-order valence-corrected chi connectivity index (χ2v) is 4.37. The largest absolute Gasteiger partial charge is 0.360 e. The number of aryl methyl sites for hydroxylation is 2. The highest BCUT2D eigenvalue weighted by atomic mass is 16.5. The third-order valence-corrected chi connectivity index (χ3v) is 2.69. The SMILES string of the molecule is Cc1cc(NC(=O)CNC(=O)c2ccccc2C)no1. The molecule has 2 aromatic rings. The molecule has 0 aliphatic rings. The maximum Gasteiger partial charge on any atom is 0.251 e. The van der Waals surface area contributed by atoms with Crippen LogP contribution in [0.25, 0.3) is 0 Å². The van der Waals surface area contributed by atoms with E-state index in [4.69, 9.17) is 4.52 Å². The summed E-state index contributed by atoms with van der Waals surface area (Å²) in [4.78, 5) is 23.5. The third-order valence-electron chi connectivity index (χ3n) is 2.69. The van der Waals surface area contributed by atoms with E-state index in [1.807, 2.05) is 19.1 Å². The Hall–Kier alpha value is -2.63. The van der Waals surface area contributed by atoms with Crippen molar-refractivity contribution >= 4 is 17.6 Å². The average Bonchev–Trinajstić information content (AvgIpc) is 2.82. The Labute approximate surface area is 116 Å². The maximum absolute atomic E-state index is 11.9. The minimum Gasteiger partial charge on any atom is -0.360 e. The lowest BCUT2D eigenvalue weighted by molar-refractivity contribution is -0.115. The molecule has 0 saturated heterocycles. The first-order valence-electron chi connectivity index (χ1n) is 6.13. The molecule has 6 heteroatoms. The number of nitrogens with one attached hydrogen (secondary N) is 2. The van der Waals surface area contributed by atoms with Crippen LogP contribution in [0, 0.1) is 13.8 Å². The van der Waals surface area contributed by atoms with Gasteiger partial charge in [0.2, 0.25) is 5.91 Å². The highest BCUT2D eigenvalue weighted by molar-refractivity contribution is 5.99. The quantitative estimate of drug-likeness (QED) is 0.887. The minimum absolute atomic E-state index is 0.126. The zero-order valence-electron chi connectivity index (χ0n) is 11.3. The zero-order chi connectivity index (χ0) is 14.5. The summed E-state index contributed by atoms with van der Waals surface area (Å²) < 4.78 is 4.82. The van der Waals surface area contributed by atoms with Crippen molar-refractivity contribution in [1.82, 2.24) is 10.5 Å². The highest BCUT2D eigenvalue weighted by Gasteiger charge is 2.11. The second-order valence-electron chi connectivity index (χ2n) is 4.37. The summed E-state index contributed by atoms with van der Waals surface area (Å²) in [6.45, 7) is 3.44. The van der Waals surface area contributed by atoms with Crippen molar-refractivity contribution < 1.29 is 14.1 Å². The first-order chi connectivity index (χ1) is 9.56. The van der Waals surface area contributed by atoms with Crippen molar-refractivity contribution in [1.29, 1.82) is 0 Å². The van der Waals surface area contributed by atoms with Gasteiger partial charge >= 0.3 is 0 Å². The molecule has 0 spiro atoms. The van der Waals surface area contributed by atoms with Gasteiger partial charge < -0.3 is 15.2 Å². The van der Waals surface area contributed by atoms with Crippen LogP contribution in [-0.2, 0) is 4.79 Å². The number of benzene rings is 1. The molecule has 0 bridgehead atoms. The van der Waals surface area contributed by atoms with E-state index in [0.717, 1.165) is 5.56 Å². The van der Waals surface area contributed by atoms with Crippen LogP contribution in [0.5, 0.6) is 0 Å². The fourth-order valence-corrected chi connectivity index (χ4v) is 1.70. The number of aromatic nitrogens is 1. The molecule has 0 aliphatic carbocycles. The highest BCUT2D eigenvalue weighted by Crippen LogP contribution is 2.07. The van der Waals surface area contributed by atoms with Crippen LogP contribution in [0.1, 0.15) is 21.7 Å². The number of hydrogen-bond donors (Lipinski definition) is 2. The van der Waals surface area contributed by atoms with Gasteiger partial charge in [-0.2, -0.15) is 0 Å². The summed E-state index contributed by atoms with van der Waals surface area (Å²) in [7, 11) is 0. The van der Waals surface area contributed by atoms with Crippen molar-refractivity contribution in [2.45, 2.75) is 13.8 Å². The smallest absolute Gasteiger partial charge is 0.251 e. The number of nitrogens with zero attached hydrogens (tertiary/aromatic N) is 1. The van der Waals surface area contributed by atoms with Crippen LogP contribution in [0.15, 0.2) is 34.9 Å². The summed E-state index contributed by atoms with van der Waals surface area (Å²) >= 11 is 0. The molecule has 2 N–H and O–H groups in total. The number of rotatable bonds is 4. The van der Waals surface area contributed by atoms with Crippen LogP contribution < -0.4 is 10.6 Å². The lowest BCUT2D eigenvalue weighted by atomic mass is 10.1. The Kier molecular flexibility index (Phi) is 4.14. The predicted octanol–water partition coefficient (Wildman–Crippen LogP) is 1.66. The van der Waals surface area contributed by atoms with E-state index in [0.29, 0.717) is 17.1 Å². The van der Waals surface area contributed by atoms with Crippen LogP contribution in [0.2, 0.25) is 0 Å². The minimum atomic E-state index is -0.361. The zero-order valence-corrected chi connectivity index (χ0v) is 11.3. The molecular weight excluding hydrogens is 258 g/mol. The van der Waals surface area contributed by atoms with Crippen molar-refractivity contribution in [3.63, 3.8) is 0 Å². The number of amides is 2. The van der Waals surface area contributed by atoms with Crippen molar-refractivity contribution in [3.05, 3.63) is 47.2 Å². The van der Waals surface area contributed by atoms with Gasteiger partial charge in [0.1, 0.15) is 5.76 Å². The Bertz CT molecular complexity index is 634. The van der Waals surface area contributed by atoms with Gasteiger partial charge in [-0.15, -0.1) is 0 Å². The molecule has 0 atom stereocenters. The van der Waals surface area contributed by atoms with Gasteiger partial charge in [0.25, 0.3) is 5.91 Å². The van der Waals surface area contributed by atoms with Gasteiger partial charge in [-0.1, -0.05) is 23.4 Å². The summed E-state index contributed by atoms with van der Waals surface area (Å²) in [5.74, 6) is 0.289. The first kappa shape index (κ1) is 13.8. The number of carbonyl (C=O) groups is 2. The van der Waals surface area contributed by atoms with Crippen LogP contribution >= 0.6 is 0 Å². The van der Waals surface area contributed by atoms with E-state index in [1.165, 1.54) is 0 Å². The fourth-order valence-electron chi connectivity index (χ4n) is 1.70. The molecule has 1 heterocycles. The third kappa shape index (κ3) is 3.44. The van der Waals surface area contributed by atoms with Gasteiger partial charge in [-0.25, -0.2) is 0 Å². The van der Waals surface area contributed by atoms with E-state index in [2.05, 4.69) is 15.8 Å². The van der Waals surface area contributed by atoms with Gasteiger partial charge in [-0.3, -0.25) is 9.59 Å². The molecule has 0 aliphatic heterocycles. The van der Waals surface area contributed by atoms with Crippen LogP contribution in [0.4, 0.5) is 5.82 Å². The van der Waals surface area contributed by atoms with Crippen molar-refractivity contribution in [2.75, 3.05) is 11.9 Å². The molecule has 2 rings (SSSR count). The Morgan fingerprint density at radius 1 is 1.25 bits per heavy atom. The lowest BCUT2D eigenvalue weighted by Gasteiger charge is -2.07. The molecule has 0 unspecified atom stereocenters. The van der Waals surface area contributed by atoms with Gasteiger partial charge in [0.05, 0.1) is 6.54 Å². The van der Waals surface area contributed by atoms with Gasteiger partial charge in [-0.05, 0) is 25.5 Å². The van der Waals surface area contributed by atoms with Gasteiger partial charge in [0.15, 0.2) is 5.82 Å². The van der Waals surface area contributed by atoms with E-state index in [1.54, 1.807) is 25.1 Å². The van der Waals surface area contributed by atoms with Gasteiger partial charge in [0, 0.05) is 11.6 Å². The van der Waals surface area contributed by atoms with E-state index < -0.39 is 0 Å². The average molecular weight is 273 g/mol. The Morgan fingerprint density at radius 2 is 2.00 bits per heavy atom. The lowest BCUT2D eigenvalue weighted by Crippen LogP contribution is -2.33. The number of anilines is 1. The topological polar surface area (TPSA) is 84.2 Å². The van der Waals surface area contributed by atoms with Crippen molar-refractivity contribution in [3.8, 4) is 0 Å². The van der Waals surface area contributed by atoms with Crippen molar-refractivity contribution in [2.24, 2.45) is 0 Å². The first-order valence-corrected chi connectivity index (χ1v) is 6.13. The normalized spacial score (nSPS) is 10.1. The van der Waals surface area contributed by atoms with Crippen LogP contribution in [-0.4, -0.2) is 23.5 Å². The number of hydrogen-bond acceptors (Lipinski definition) is 4. The molecule has 20 heavy (non-hydrogen) atoms. The summed E-state index contributed by atoms with van der Waals surface area (Å²) in [5.41, 5.74) is 1.41. The molecule has 0 fully saturated rings. The van der Waals surface area contributed by atoms with E-state index >= 15 is 0 Å². The molecule has 1 aromatic heterocycles. The summed E-state index contributed by atoms with van der Waals surface area (Å²) in [5, 5.41) is 8.72. The molecule has 104 valence electrons. The molecule has 0 radical (unpaired) electrons. The molecule has 0 saturated carbocycles.